The Labute approximate surface area is 95.9 Å². The molecule has 0 atom stereocenters. The minimum atomic E-state index is -0.750. The number of aromatic nitrogens is 1. The van der Waals surface area contributed by atoms with Gasteiger partial charge in [0.05, 0.1) is 6.42 Å². The molecule has 4 nitrogen and oxygen atoms in total. The Morgan fingerprint density at radius 2 is 2.06 bits per heavy atom. The van der Waals surface area contributed by atoms with Crippen LogP contribution in [0.5, 0.6) is 0 Å². The van der Waals surface area contributed by atoms with Crippen LogP contribution in [0, 0.1) is 0 Å². The third-order valence-corrected chi connectivity index (χ3v) is 2.48. The maximum Gasteiger partial charge on any atom is 0.304 e. The van der Waals surface area contributed by atoms with Crippen molar-refractivity contribution in [3.05, 3.63) is 30.1 Å². The summed E-state index contributed by atoms with van der Waals surface area (Å²) in [5.74, 6) is -0.750. The van der Waals surface area contributed by atoms with E-state index in [1.54, 1.807) is 12.4 Å². The average Bonchev–Trinajstić information content (AvgIpc) is 2.25. The Hall–Kier alpha value is -1.42. The highest BCUT2D eigenvalue weighted by atomic mass is 16.4. The van der Waals surface area contributed by atoms with Crippen molar-refractivity contribution >= 4 is 5.97 Å². The number of carbonyl (C=O) groups is 1. The van der Waals surface area contributed by atoms with Gasteiger partial charge in [0.2, 0.25) is 0 Å². The smallest absolute Gasteiger partial charge is 0.304 e. The fourth-order valence-corrected chi connectivity index (χ4v) is 1.48. The maximum absolute atomic E-state index is 10.5. The lowest BCUT2D eigenvalue weighted by Crippen LogP contribution is -2.32. The maximum atomic E-state index is 10.5. The summed E-state index contributed by atoms with van der Waals surface area (Å²) in [7, 11) is 0. The summed E-state index contributed by atoms with van der Waals surface area (Å²) in [5.41, 5.74) is 1.16. The Morgan fingerprint density at radius 1 is 1.44 bits per heavy atom. The second-order valence-electron chi connectivity index (χ2n) is 4.06. The summed E-state index contributed by atoms with van der Waals surface area (Å²) < 4.78 is 0. The number of hydrogen-bond donors (Lipinski definition) is 1. The SMILES string of the molecule is CC(C)N(CCC(=O)O)Cc1ccncc1. The third-order valence-electron chi connectivity index (χ3n) is 2.48. The largest absolute Gasteiger partial charge is 0.481 e. The number of hydrogen-bond acceptors (Lipinski definition) is 3. The van der Waals surface area contributed by atoms with Gasteiger partial charge >= 0.3 is 5.97 Å². The number of pyridine rings is 1. The van der Waals surface area contributed by atoms with Crippen LogP contribution in [0.1, 0.15) is 25.8 Å². The van der Waals surface area contributed by atoms with Gasteiger partial charge in [-0.3, -0.25) is 14.7 Å². The van der Waals surface area contributed by atoms with Gasteiger partial charge in [-0.2, -0.15) is 0 Å². The molecule has 1 aromatic rings. The zero-order valence-electron chi connectivity index (χ0n) is 9.76. The van der Waals surface area contributed by atoms with Crippen molar-refractivity contribution in [1.82, 2.24) is 9.88 Å². The number of carboxylic acid groups (broad SMARTS) is 1. The van der Waals surface area contributed by atoms with Crippen molar-refractivity contribution in [3.8, 4) is 0 Å². The number of aliphatic carboxylic acids is 1. The molecule has 0 bridgehead atoms. The van der Waals surface area contributed by atoms with Gasteiger partial charge in [0.15, 0.2) is 0 Å². The second-order valence-corrected chi connectivity index (χ2v) is 4.06. The van der Waals surface area contributed by atoms with Gasteiger partial charge in [-0.1, -0.05) is 0 Å². The first-order valence-electron chi connectivity index (χ1n) is 5.44. The van der Waals surface area contributed by atoms with E-state index in [0.29, 0.717) is 12.6 Å². The number of nitrogens with zero attached hydrogens (tertiary/aromatic N) is 2. The van der Waals surface area contributed by atoms with E-state index < -0.39 is 5.97 Å². The third kappa shape index (κ3) is 4.40. The minimum Gasteiger partial charge on any atom is -0.481 e. The van der Waals surface area contributed by atoms with Crippen molar-refractivity contribution in [1.29, 1.82) is 0 Å². The van der Waals surface area contributed by atoms with Gasteiger partial charge < -0.3 is 5.11 Å². The Bertz CT molecular complexity index is 325. The molecule has 0 aliphatic heterocycles. The fraction of sp³-hybridized carbons (Fsp3) is 0.500. The molecule has 0 aliphatic carbocycles. The first kappa shape index (κ1) is 12.6. The standard InChI is InChI=1S/C12H18N2O2/c1-10(2)14(8-5-12(15)16)9-11-3-6-13-7-4-11/h3-4,6-7,10H,5,8-9H2,1-2H3,(H,15,16). The minimum absolute atomic E-state index is 0.184. The van der Waals surface area contributed by atoms with Gasteiger partial charge in [-0.15, -0.1) is 0 Å². The van der Waals surface area contributed by atoms with E-state index in [9.17, 15) is 4.79 Å². The molecular formula is C12H18N2O2. The molecule has 0 fully saturated rings. The molecule has 0 saturated carbocycles. The van der Waals surface area contributed by atoms with E-state index in [-0.39, 0.29) is 6.42 Å². The van der Waals surface area contributed by atoms with Crippen LogP contribution in [0.25, 0.3) is 0 Å². The van der Waals surface area contributed by atoms with Crippen molar-refractivity contribution in [2.45, 2.75) is 32.9 Å². The zero-order valence-corrected chi connectivity index (χ0v) is 9.76. The van der Waals surface area contributed by atoms with Gasteiger partial charge in [-0.05, 0) is 31.5 Å². The van der Waals surface area contributed by atoms with E-state index in [2.05, 4.69) is 23.7 Å². The normalized spacial score (nSPS) is 11.0. The lowest BCUT2D eigenvalue weighted by Gasteiger charge is -2.25. The van der Waals surface area contributed by atoms with E-state index in [4.69, 9.17) is 5.11 Å². The van der Waals surface area contributed by atoms with Crippen molar-refractivity contribution in [3.63, 3.8) is 0 Å². The van der Waals surface area contributed by atoms with Crippen LogP contribution in [-0.4, -0.2) is 33.5 Å². The molecule has 0 amide bonds. The molecule has 0 aromatic carbocycles. The molecule has 0 unspecified atom stereocenters. The quantitative estimate of drug-likeness (QED) is 0.797. The van der Waals surface area contributed by atoms with Crippen LogP contribution in [-0.2, 0) is 11.3 Å². The van der Waals surface area contributed by atoms with Crippen LogP contribution in [0.2, 0.25) is 0 Å². The molecule has 1 heterocycles. The Kier molecular flexibility index (Phi) is 4.92. The summed E-state index contributed by atoms with van der Waals surface area (Å²) in [6.45, 7) is 5.49. The average molecular weight is 222 g/mol. The first-order chi connectivity index (χ1) is 7.59. The topological polar surface area (TPSA) is 53.4 Å². The van der Waals surface area contributed by atoms with Gasteiger partial charge in [-0.25, -0.2) is 0 Å². The predicted molar refractivity (Wildman–Crippen MR) is 62.0 cm³/mol. The summed E-state index contributed by atoms with van der Waals surface area (Å²) in [4.78, 5) is 16.6. The number of rotatable bonds is 6. The molecule has 16 heavy (non-hydrogen) atoms. The van der Waals surface area contributed by atoms with E-state index in [0.717, 1.165) is 12.1 Å². The number of carboxylic acids is 1. The highest BCUT2D eigenvalue weighted by Gasteiger charge is 2.11. The van der Waals surface area contributed by atoms with E-state index in [1.807, 2.05) is 12.1 Å². The molecule has 0 spiro atoms. The molecule has 0 radical (unpaired) electrons. The molecule has 4 heteroatoms. The lowest BCUT2D eigenvalue weighted by molar-refractivity contribution is -0.137. The Morgan fingerprint density at radius 3 is 2.56 bits per heavy atom. The molecule has 0 aliphatic rings. The van der Waals surface area contributed by atoms with Crippen LogP contribution in [0.15, 0.2) is 24.5 Å². The highest BCUT2D eigenvalue weighted by Crippen LogP contribution is 2.07. The van der Waals surface area contributed by atoms with E-state index >= 15 is 0 Å². The fourth-order valence-electron chi connectivity index (χ4n) is 1.48. The van der Waals surface area contributed by atoms with Crippen LogP contribution >= 0.6 is 0 Å². The van der Waals surface area contributed by atoms with Crippen molar-refractivity contribution in [2.75, 3.05) is 6.54 Å². The van der Waals surface area contributed by atoms with Crippen LogP contribution in [0.4, 0.5) is 0 Å². The van der Waals surface area contributed by atoms with Crippen molar-refractivity contribution in [2.24, 2.45) is 0 Å². The molecule has 1 N–H and O–H groups in total. The Balaban J connectivity index is 2.54. The predicted octanol–water partition coefficient (Wildman–Crippen LogP) is 1.77. The van der Waals surface area contributed by atoms with Gasteiger partial charge in [0, 0.05) is 31.5 Å². The molecule has 1 rings (SSSR count). The highest BCUT2D eigenvalue weighted by molar-refractivity contribution is 5.66. The summed E-state index contributed by atoms with van der Waals surface area (Å²) >= 11 is 0. The summed E-state index contributed by atoms with van der Waals surface area (Å²) in [6, 6.07) is 4.25. The second kappa shape index (κ2) is 6.23. The zero-order chi connectivity index (χ0) is 12.0. The van der Waals surface area contributed by atoms with Crippen LogP contribution < -0.4 is 0 Å². The van der Waals surface area contributed by atoms with E-state index in [1.165, 1.54) is 0 Å². The molecule has 0 saturated heterocycles. The van der Waals surface area contributed by atoms with Crippen LogP contribution in [0.3, 0.4) is 0 Å². The molecule has 88 valence electrons. The van der Waals surface area contributed by atoms with Gasteiger partial charge in [0.1, 0.15) is 0 Å². The lowest BCUT2D eigenvalue weighted by atomic mass is 10.2. The monoisotopic (exact) mass is 222 g/mol. The molecular weight excluding hydrogens is 204 g/mol. The van der Waals surface area contributed by atoms with Crippen molar-refractivity contribution < 1.29 is 9.90 Å². The first-order valence-corrected chi connectivity index (χ1v) is 5.44. The molecule has 1 aromatic heterocycles. The van der Waals surface area contributed by atoms with Gasteiger partial charge in [0.25, 0.3) is 0 Å². The summed E-state index contributed by atoms with van der Waals surface area (Å²) in [5, 5.41) is 8.67. The summed E-state index contributed by atoms with van der Waals surface area (Å²) in [6.07, 6.45) is 3.69.